The fraction of sp³-hybridized carbons (Fsp3) is 0.176. The third-order valence-electron chi connectivity index (χ3n) is 3.37. The molecule has 1 amide bonds. The van der Waals surface area contributed by atoms with E-state index in [2.05, 4.69) is 10.3 Å². The SMILES string of the molecule is Cc1nc(-c2cccs2)sc1C(=O)NCCc1ccccc1F. The summed E-state index contributed by atoms with van der Waals surface area (Å²) in [4.78, 5) is 18.4. The Labute approximate surface area is 141 Å². The number of nitrogens with one attached hydrogen (secondary N) is 1. The van der Waals surface area contributed by atoms with E-state index in [4.69, 9.17) is 0 Å². The molecule has 0 aliphatic carbocycles. The van der Waals surface area contributed by atoms with Gasteiger partial charge in [0.05, 0.1) is 10.6 Å². The number of aromatic nitrogens is 1. The lowest BCUT2D eigenvalue weighted by Gasteiger charge is -2.05. The molecule has 3 nitrogen and oxygen atoms in total. The predicted octanol–water partition coefficient (Wildman–Crippen LogP) is 4.29. The number of rotatable bonds is 5. The summed E-state index contributed by atoms with van der Waals surface area (Å²) in [6.45, 7) is 2.23. The Morgan fingerprint density at radius 2 is 2.09 bits per heavy atom. The molecule has 2 heterocycles. The van der Waals surface area contributed by atoms with E-state index < -0.39 is 0 Å². The minimum atomic E-state index is -0.240. The number of hydrogen-bond acceptors (Lipinski definition) is 4. The van der Waals surface area contributed by atoms with Crippen LogP contribution >= 0.6 is 22.7 Å². The number of benzene rings is 1. The van der Waals surface area contributed by atoms with Crippen LogP contribution in [0.1, 0.15) is 20.9 Å². The number of thiazole rings is 1. The van der Waals surface area contributed by atoms with E-state index >= 15 is 0 Å². The normalized spacial score (nSPS) is 10.7. The van der Waals surface area contributed by atoms with Gasteiger partial charge in [-0.05, 0) is 36.4 Å². The van der Waals surface area contributed by atoms with E-state index in [0.29, 0.717) is 23.4 Å². The maximum absolute atomic E-state index is 13.5. The van der Waals surface area contributed by atoms with Crippen LogP contribution in [0.3, 0.4) is 0 Å². The van der Waals surface area contributed by atoms with Crippen LogP contribution < -0.4 is 5.32 Å². The second-order valence-electron chi connectivity index (χ2n) is 5.01. The quantitative estimate of drug-likeness (QED) is 0.749. The molecule has 6 heteroatoms. The Balaban J connectivity index is 1.64. The van der Waals surface area contributed by atoms with E-state index in [0.717, 1.165) is 15.6 Å². The zero-order valence-electron chi connectivity index (χ0n) is 12.5. The summed E-state index contributed by atoms with van der Waals surface area (Å²) >= 11 is 2.99. The number of hydrogen-bond donors (Lipinski definition) is 1. The highest BCUT2D eigenvalue weighted by atomic mass is 32.1. The van der Waals surface area contributed by atoms with Gasteiger partial charge in [0, 0.05) is 6.54 Å². The van der Waals surface area contributed by atoms with Gasteiger partial charge in [-0.1, -0.05) is 24.3 Å². The first-order valence-electron chi connectivity index (χ1n) is 7.18. The number of halogens is 1. The maximum atomic E-state index is 13.5. The standard InChI is InChI=1S/C17H15FN2OS2/c1-11-15(23-17(20-11)14-7-4-10-22-14)16(21)19-9-8-12-5-2-3-6-13(12)18/h2-7,10H,8-9H2,1H3,(H,19,21). The number of carbonyl (C=O) groups is 1. The molecule has 0 radical (unpaired) electrons. The highest BCUT2D eigenvalue weighted by Crippen LogP contribution is 2.30. The van der Waals surface area contributed by atoms with Gasteiger partial charge in [0.15, 0.2) is 0 Å². The molecule has 2 aromatic heterocycles. The summed E-state index contributed by atoms with van der Waals surface area (Å²) in [5.41, 5.74) is 1.33. The van der Waals surface area contributed by atoms with Crippen LogP contribution in [0.15, 0.2) is 41.8 Å². The smallest absolute Gasteiger partial charge is 0.263 e. The highest BCUT2D eigenvalue weighted by Gasteiger charge is 2.16. The van der Waals surface area contributed by atoms with Gasteiger partial charge in [-0.15, -0.1) is 22.7 Å². The second-order valence-corrected chi connectivity index (χ2v) is 6.95. The third-order valence-corrected chi connectivity index (χ3v) is 5.57. The Morgan fingerprint density at radius 1 is 1.26 bits per heavy atom. The minimum Gasteiger partial charge on any atom is -0.351 e. The molecule has 0 unspecified atom stereocenters. The largest absolute Gasteiger partial charge is 0.351 e. The fourth-order valence-electron chi connectivity index (χ4n) is 2.20. The van der Waals surface area contributed by atoms with Gasteiger partial charge in [0.25, 0.3) is 5.91 Å². The second kappa shape index (κ2) is 7.02. The molecule has 0 atom stereocenters. The topological polar surface area (TPSA) is 42.0 Å². The third kappa shape index (κ3) is 3.65. The Kier molecular flexibility index (Phi) is 4.83. The number of amides is 1. The molecule has 118 valence electrons. The van der Waals surface area contributed by atoms with Crippen molar-refractivity contribution < 1.29 is 9.18 Å². The molecular formula is C17H15FN2OS2. The average Bonchev–Trinajstić information content (AvgIpc) is 3.18. The van der Waals surface area contributed by atoms with Crippen LogP contribution in [0, 0.1) is 12.7 Å². The molecule has 3 rings (SSSR count). The molecule has 0 aliphatic heterocycles. The van der Waals surface area contributed by atoms with E-state index in [1.807, 2.05) is 24.4 Å². The summed E-state index contributed by atoms with van der Waals surface area (Å²) < 4.78 is 13.5. The van der Waals surface area contributed by atoms with Crippen molar-refractivity contribution >= 4 is 28.6 Å². The Morgan fingerprint density at radius 3 is 2.83 bits per heavy atom. The summed E-state index contributed by atoms with van der Waals surface area (Å²) in [6.07, 6.45) is 0.466. The molecule has 1 aromatic carbocycles. The van der Waals surface area contributed by atoms with Crippen molar-refractivity contribution in [1.82, 2.24) is 10.3 Å². The Hall–Kier alpha value is -2.05. The van der Waals surface area contributed by atoms with E-state index in [1.165, 1.54) is 17.4 Å². The van der Waals surface area contributed by atoms with Crippen LogP contribution in [0.25, 0.3) is 9.88 Å². The molecule has 23 heavy (non-hydrogen) atoms. The van der Waals surface area contributed by atoms with Gasteiger partial charge in [-0.2, -0.15) is 0 Å². The maximum Gasteiger partial charge on any atom is 0.263 e. The van der Waals surface area contributed by atoms with Gasteiger partial charge < -0.3 is 5.32 Å². The first-order chi connectivity index (χ1) is 11.1. The monoisotopic (exact) mass is 346 g/mol. The van der Waals surface area contributed by atoms with Crippen molar-refractivity contribution in [2.75, 3.05) is 6.54 Å². The minimum absolute atomic E-state index is 0.154. The van der Waals surface area contributed by atoms with E-state index in [9.17, 15) is 9.18 Å². The lowest BCUT2D eigenvalue weighted by Crippen LogP contribution is -2.25. The highest BCUT2D eigenvalue weighted by molar-refractivity contribution is 7.22. The van der Waals surface area contributed by atoms with Crippen LogP contribution in [0.2, 0.25) is 0 Å². The first kappa shape index (κ1) is 15.8. The summed E-state index contributed by atoms with van der Waals surface area (Å²) in [7, 11) is 0. The van der Waals surface area contributed by atoms with Crippen molar-refractivity contribution in [3.63, 3.8) is 0 Å². The molecule has 0 saturated carbocycles. The van der Waals surface area contributed by atoms with Gasteiger partial charge in [-0.3, -0.25) is 4.79 Å². The van der Waals surface area contributed by atoms with Crippen molar-refractivity contribution in [2.24, 2.45) is 0 Å². The van der Waals surface area contributed by atoms with Crippen molar-refractivity contribution in [2.45, 2.75) is 13.3 Å². The molecule has 3 aromatic rings. The van der Waals surface area contributed by atoms with Crippen molar-refractivity contribution in [3.8, 4) is 9.88 Å². The van der Waals surface area contributed by atoms with Crippen LogP contribution in [0.5, 0.6) is 0 Å². The van der Waals surface area contributed by atoms with Crippen LogP contribution in [-0.2, 0) is 6.42 Å². The number of thiophene rings is 1. The molecule has 0 fully saturated rings. The zero-order valence-corrected chi connectivity index (χ0v) is 14.1. The van der Waals surface area contributed by atoms with Crippen molar-refractivity contribution in [3.05, 3.63) is 63.7 Å². The summed E-state index contributed by atoms with van der Waals surface area (Å²) in [6, 6.07) is 10.6. The van der Waals surface area contributed by atoms with Gasteiger partial charge >= 0.3 is 0 Å². The fourth-order valence-corrected chi connectivity index (χ4v) is 3.98. The molecule has 1 N–H and O–H groups in total. The van der Waals surface area contributed by atoms with Gasteiger partial charge in [-0.25, -0.2) is 9.37 Å². The predicted molar refractivity (Wildman–Crippen MR) is 92.6 cm³/mol. The van der Waals surface area contributed by atoms with Gasteiger partial charge in [0.1, 0.15) is 15.7 Å². The van der Waals surface area contributed by atoms with Crippen LogP contribution in [0.4, 0.5) is 4.39 Å². The number of aryl methyl sites for hydroxylation is 1. The molecule has 0 bridgehead atoms. The number of carbonyl (C=O) groups excluding carboxylic acids is 1. The van der Waals surface area contributed by atoms with E-state index in [-0.39, 0.29) is 11.7 Å². The lowest BCUT2D eigenvalue weighted by atomic mass is 10.1. The molecule has 0 spiro atoms. The zero-order chi connectivity index (χ0) is 16.2. The van der Waals surface area contributed by atoms with Crippen LogP contribution in [-0.4, -0.2) is 17.4 Å². The first-order valence-corrected chi connectivity index (χ1v) is 8.87. The van der Waals surface area contributed by atoms with Crippen molar-refractivity contribution in [1.29, 1.82) is 0 Å². The summed E-state index contributed by atoms with van der Waals surface area (Å²) in [5, 5.41) is 5.69. The lowest BCUT2D eigenvalue weighted by molar-refractivity contribution is 0.0957. The van der Waals surface area contributed by atoms with Gasteiger partial charge in [0.2, 0.25) is 0 Å². The number of nitrogens with zero attached hydrogens (tertiary/aromatic N) is 1. The molecule has 0 saturated heterocycles. The molecule has 0 aliphatic rings. The average molecular weight is 346 g/mol. The molecular weight excluding hydrogens is 331 g/mol. The van der Waals surface area contributed by atoms with E-state index in [1.54, 1.807) is 29.5 Å². The summed E-state index contributed by atoms with van der Waals surface area (Å²) in [5.74, 6) is -0.394. The Bertz CT molecular complexity index is 812.